The summed E-state index contributed by atoms with van der Waals surface area (Å²) in [7, 11) is 2.95. The molecule has 0 atom stereocenters. The number of esters is 1. The van der Waals surface area contributed by atoms with Crippen molar-refractivity contribution in [3.05, 3.63) is 92.4 Å². The average molecular weight is 505 g/mol. The second-order valence-electron chi connectivity index (χ2n) is 8.92. The van der Waals surface area contributed by atoms with E-state index in [1.54, 1.807) is 26.2 Å². The van der Waals surface area contributed by atoms with Gasteiger partial charge in [-0.15, -0.1) is 0 Å². The number of carbonyl (C=O) groups is 2. The first-order valence-electron chi connectivity index (χ1n) is 11.5. The van der Waals surface area contributed by atoms with E-state index >= 15 is 0 Å². The molecule has 0 fully saturated rings. The highest BCUT2D eigenvalue weighted by Gasteiger charge is 2.38. The van der Waals surface area contributed by atoms with Crippen LogP contribution in [0.3, 0.4) is 0 Å². The maximum atomic E-state index is 13.7. The fourth-order valence-electron chi connectivity index (χ4n) is 4.65. The van der Waals surface area contributed by atoms with Crippen LogP contribution in [0.15, 0.2) is 59.3 Å². The van der Waals surface area contributed by atoms with E-state index in [9.17, 15) is 9.59 Å². The van der Waals surface area contributed by atoms with Crippen LogP contribution < -0.4 is 9.64 Å². The Labute approximate surface area is 216 Å². The summed E-state index contributed by atoms with van der Waals surface area (Å²) in [6.07, 6.45) is 1.76. The third-order valence-corrected chi connectivity index (χ3v) is 6.96. The topological polar surface area (TPSA) is 60.8 Å². The largest absolute Gasteiger partial charge is 0.495 e. The number of hydrogen-bond donors (Lipinski definition) is 0. The number of rotatable bonds is 5. The summed E-state index contributed by atoms with van der Waals surface area (Å²) in [4.78, 5) is 28.0. The van der Waals surface area contributed by atoms with Gasteiger partial charge in [0.1, 0.15) is 5.75 Å². The molecule has 1 aromatic heterocycles. The van der Waals surface area contributed by atoms with Gasteiger partial charge >= 0.3 is 5.97 Å². The van der Waals surface area contributed by atoms with Crippen molar-refractivity contribution in [1.29, 1.82) is 0 Å². The Kier molecular flexibility index (Phi) is 6.83. The highest BCUT2D eigenvalue weighted by Crippen LogP contribution is 2.38. The van der Waals surface area contributed by atoms with Gasteiger partial charge in [0, 0.05) is 22.1 Å². The summed E-state index contributed by atoms with van der Waals surface area (Å²) >= 11 is 6.34. The molecule has 0 aliphatic carbocycles. The summed E-state index contributed by atoms with van der Waals surface area (Å²) in [5.41, 5.74) is 7.19. The molecule has 0 bridgehead atoms. The number of carbonyl (C=O) groups excluding carboxylic acids is 2. The smallest absolute Gasteiger partial charge is 0.340 e. The SMILES string of the molecule is COC(=O)C1=C(C)N(c2ccc(C)c(Cl)c2)C(=O)/C1=C\c1cc(C)n(-c2cc(C)ccc2OC)c1C. The number of aryl methyl sites for hydroxylation is 3. The van der Waals surface area contributed by atoms with Crippen molar-refractivity contribution in [2.24, 2.45) is 0 Å². The van der Waals surface area contributed by atoms with Crippen molar-refractivity contribution in [3.8, 4) is 11.4 Å². The van der Waals surface area contributed by atoms with Crippen molar-refractivity contribution in [2.45, 2.75) is 34.6 Å². The molecular formula is C29H29ClN2O4. The van der Waals surface area contributed by atoms with Crippen LogP contribution in [-0.2, 0) is 14.3 Å². The number of aromatic nitrogens is 1. The van der Waals surface area contributed by atoms with Crippen LogP contribution in [0.2, 0.25) is 5.02 Å². The molecule has 0 saturated carbocycles. The van der Waals surface area contributed by atoms with E-state index in [-0.39, 0.29) is 17.1 Å². The predicted octanol–water partition coefficient (Wildman–Crippen LogP) is 6.25. The molecule has 7 heteroatoms. The van der Waals surface area contributed by atoms with Gasteiger partial charge in [-0.3, -0.25) is 9.69 Å². The number of nitrogens with zero attached hydrogens (tertiary/aromatic N) is 2. The second-order valence-corrected chi connectivity index (χ2v) is 9.33. The summed E-state index contributed by atoms with van der Waals surface area (Å²) in [5, 5.41) is 0.542. The van der Waals surface area contributed by atoms with E-state index < -0.39 is 5.97 Å². The molecule has 1 aliphatic heterocycles. The fraction of sp³-hybridized carbons (Fsp3) is 0.241. The van der Waals surface area contributed by atoms with Crippen molar-refractivity contribution >= 4 is 35.2 Å². The van der Waals surface area contributed by atoms with Crippen LogP contribution in [-0.4, -0.2) is 30.7 Å². The zero-order valence-electron chi connectivity index (χ0n) is 21.5. The Balaban J connectivity index is 1.88. The first-order chi connectivity index (χ1) is 17.1. The van der Waals surface area contributed by atoms with Crippen LogP contribution >= 0.6 is 11.6 Å². The maximum Gasteiger partial charge on any atom is 0.340 e. The Morgan fingerprint density at radius 1 is 0.972 bits per heavy atom. The van der Waals surface area contributed by atoms with E-state index in [0.29, 0.717) is 16.4 Å². The van der Waals surface area contributed by atoms with E-state index in [1.807, 2.05) is 58.0 Å². The van der Waals surface area contributed by atoms with Gasteiger partial charge in [-0.1, -0.05) is 23.7 Å². The summed E-state index contributed by atoms with van der Waals surface area (Å²) in [6.45, 7) is 9.63. The van der Waals surface area contributed by atoms with Crippen LogP contribution in [0.25, 0.3) is 11.8 Å². The van der Waals surface area contributed by atoms with Gasteiger partial charge in [0.2, 0.25) is 0 Å². The maximum absolute atomic E-state index is 13.7. The van der Waals surface area contributed by atoms with E-state index in [1.165, 1.54) is 12.0 Å². The number of amides is 1. The molecule has 2 aromatic carbocycles. The van der Waals surface area contributed by atoms with Crippen molar-refractivity contribution in [1.82, 2.24) is 4.57 Å². The van der Waals surface area contributed by atoms with Gasteiger partial charge in [0.15, 0.2) is 0 Å². The Bertz CT molecular complexity index is 1460. The van der Waals surface area contributed by atoms with Gasteiger partial charge in [-0.05, 0) is 87.7 Å². The Morgan fingerprint density at radius 3 is 2.33 bits per heavy atom. The molecule has 0 unspecified atom stereocenters. The molecule has 186 valence electrons. The summed E-state index contributed by atoms with van der Waals surface area (Å²) in [5.74, 6) is -0.139. The number of allylic oxidation sites excluding steroid dienone is 1. The highest BCUT2D eigenvalue weighted by atomic mass is 35.5. The first-order valence-corrected chi connectivity index (χ1v) is 11.9. The standard InChI is InChI=1S/C29H29ClN2O4/c1-16-8-11-26(35-6)25(12-16)31-18(3)13-21(19(31)4)14-23-27(29(34)36-7)20(5)32(28(23)33)22-10-9-17(2)24(30)15-22/h8-15H,1-7H3/b23-14-. The first kappa shape index (κ1) is 25.3. The average Bonchev–Trinajstić information content (AvgIpc) is 3.26. The zero-order valence-corrected chi connectivity index (χ0v) is 22.3. The lowest BCUT2D eigenvalue weighted by atomic mass is 10.0. The molecule has 0 saturated heterocycles. The lowest BCUT2D eigenvalue weighted by Crippen LogP contribution is -2.24. The lowest BCUT2D eigenvalue weighted by Gasteiger charge is -2.18. The van der Waals surface area contributed by atoms with Gasteiger partial charge in [-0.2, -0.15) is 0 Å². The quantitative estimate of drug-likeness (QED) is 0.304. The number of hydrogen-bond acceptors (Lipinski definition) is 4. The molecule has 36 heavy (non-hydrogen) atoms. The number of methoxy groups -OCH3 is 2. The second kappa shape index (κ2) is 9.70. The Morgan fingerprint density at radius 2 is 1.69 bits per heavy atom. The number of benzene rings is 2. The highest BCUT2D eigenvalue weighted by molar-refractivity contribution is 6.32. The van der Waals surface area contributed by atoms with Gasteiger partial charge in [0.25, 0.3) is 5.91 Å². The molecular weight excluding hydrogens is 476 g/mol. The third-order valence-electron chi connectivity index (χ3n) is 6.55. The van der Waals surface area contributed by atoms with Crippen LogP contribution in [0.1, 0.15) is 35.0 Å². The van der Waals surface area contributed by atoms with E-state index in [4.69, 9.17) is 21.1 Å². The molecule has 0 radical (unpaired) electrons. The Hall–Kier alpha value is -3.77. The molecule has 1 amide bonds. The summed E-state index contributed by atoms with van der Waals surface area (Å²) < 4.78 is 12.7. The van der Waals surface area contributed by atoms with Crippen molar-refractivity contribution < 1.29 is 19.1 Å². The normalized spacial score (nSPS) is 14.7. The molecule has 0 spiro atoms. The molecule has 6 nitrogen and oxygen atoms in total. The molecule has 2 heterocycles. The van der Waals surface area contributed by atoms with Gasteiger partial charge in [-0.25, -0.2) is 4.79 Å². The zero-order chi connectivity index (χ0) is 26.3. The van der Waals surface area contributed by atoms with Crippen molar-refractivity contribution in [3.63, 3.8) is 0 Å². The number of halogens is 1. The minimum absolute atomic E-state index is 0.233. The number of ether oxygens (including phenoxy) is 2. The van der Waals surface area contributed by atoms with E-state index in [0.717, 1.165) is 39.5 Å². The molecule has 3 aromatic rings. The van der Waals surface area contributed by atoms with Crippen LogP contribution in [0.5, 0.6) is 5.75 Å². The third kappa shape index (κ3) is 4.22. The minimum Gasteiger partial charge on any atom is -0.495 e. The molecule has 1 aliphatic rings. The monoisotopic (exact) mass is 504 g/mol. The summed E-state index contributed by atoms with van der Waals surface area (Å²) in [6, 6.07) is 13.4. The number of anilines is 1. The van der Waals surface area contributed by atoms with Crippen LogP contribution in [0, 0.1) is 27.7 Å². The predicted molar refractivity (Wildman–Crippen MR) is 143 cm³/mol. The van der Waals surface area contributed by atoms with Crippen LogP contribution in [0.4, 0.5) is 5.69 Å². The van der Waals surface area contributed by atoms with Gasteiger partial charge in [0.05, 0.1) is 36.7 Å². The van der Waals surface area contributed by atoms with Gasteiger partial charge < -0.3 is 14.0 Å². The van der Waals surface area contributed by atoms with E-state index in [2.05, 4.69) is 10.6 Å². The van der Waals surface area contributed by atoms with Crippen molar-refractivity contribution in [2.75, 3.05) is 19.1 Å². The minimum atomic E-state index is -0.568. The fourth-order valence-corrected chi connectivity index (χ4v) is 4.82. The lowest BCUT2D eigenvalue weighted by molar-refractivity contribution is -0.136. The molecule has 0 N–H and O–H groups in total. The molecule has 4 rings (SSSR count).